The lowest BCUT2D eigenvalue weighted by Gasteiger charge is -2.22. The van der Waals surface area contributed by atoms with Crippen LogP contribution in [-0.2, 0) is 16.8 Å². The van der Waals surface area contributed by atoms with Gasteiger partial charge < -0.3 is 10.1 Å². The lowest BCUT2D eigenvalue weighted by Crippen LogP contribution is -2.41. The summed E-state index contributed by atoms with van der Waals surface area (Å²) in [5.74, 6) is 0.328. The minimum Gasteiger partial charge on any atom is -0.492 e. The SMILES string of the molecule is CCCc1ccc(C2(C)NC(=O)N(CCOc3cccc(Cl)c3)C2=O)cc1. The number of aryl methyl sites for hydroxylation is 1. The molecule has 3 rings (SSSR count). The molecule has 0 radical (unpaired) electrons. The van der Waals surface area contributed by atoms with E-state index in [1.165, 1.54) is 10.5 Å². The lowest BCUT2D eigenvalue weighted by atomic mass is 9.91. The van der Waals surface area contributed by atoms with Crippen LogP contribution in [0.25, 0.3) is 0 Å². The second kappa shape index (κ2) is 8.01. The van der Waals surface area contributed by atoms with Crippen LogP contribution in [0.5, 0.6) is 5.75 Å². The van der Waals surface area contributed by atoms with Crippen LogP contribution in [0, 0.1) is 0 Å². The Morgan fingerprint density at radius 3 is 2.56 bits per heavy atom. The maximum Gasteiger partial charge on any atom is 0.325 e. The van der Waals surface area contributed by atoms with Crippen LogP contribution in [0.3, 0.4) is 0 Å². The van der Waals surface area contributed by atoms with Crippen molar-refractivity contribution in [3.05, 3.63) is 64.7 Å². The Morgan fingerprint density at radius 1 is 1.15 bits per heavy atom. The quantitative estimate of drug-likeness (QED) is 0.727. The van der Waals surface area contributed by atoms with Gasteiger partial charge in [0, 0.05) is 5.02 Å². The summed E-state index contributed by atoms with van der Waals surface area (Å²) in [5, 5.41) is 3.39. The molecule has 0 aliphatic carbocycles. The first kappa shape index (κ1) is 19.2. The number of carbonyl (C=O) groups is 2. The molecule has 0 saturated carbocycles. The zero-order valence-electron chi connectivity index (χ0n) is 15.5. The van der Waals surface area contributed by atoms with E-state index in [0.717, 1.165) is 18.4 Å². The van der Waals surface area contributed by atoms with Crippen LogP contribution in [-0.4, -0.2) is 30.0 Å². The number of ether oxygens (including phenoxy) is 1. The molecule has 0 bridgehead atoms. The normalized spacial score (nSPS) is 19.3. The predicted molar refractivity (Wildman–Crippen MR) is 105 cm³/mol. The molecule has 1 atom stereocenters. The third kappa shape index (κ3) is 4.08. The van der Waals surface area contributed by atoms with Crippen molar-refractivity contribution < 1.29 is 14.3 Å². The molecular weight excluding hydrogens is 364 g/mol. The van der Waals surface area contributed by atoms with Crippen LogP contribution in [0.15, 0.2) is 48.5 Å². The van der Waals surface area contributed by atoms with E-state index < -0.39 is 11.6 Å². The number of halogens is 1. The van der Waals surface area contributed by atoms with E-state index in [1.54, 1.807) is 31.2 Å². The summed E-state index contributed by atoms with van der Waals surface area (Å²) < 4.78 is 5.60. The van der Waals surface area contributed by atoms with Crippen LogP contribution < -0.4 is 10.1 Å². The largest absolute Gasteiger partial charge is 0.492 e. The molecule has 2 aromatic carbocycles. The maximum atomic E-state index is 12.9. The molecule has 2 aromatic rings. The summed E-state index contributed by atoms with van der Waals surface area (Å²) in [5.41, 5.74) is 0.935. The number of carbonyl (C=O) groups excluding carboxylic acids is 2. The van der Waals surface area contributed by atoms with Gasteiger partial charge in [-0.05, 0) is 42.7 Å². The number of hydrogen-bond donors (Lipinski definition) is 1. The monoisotopic (exact) mass is 386 g/mol. The van der Waals surface area contributed by atoms with Gasteiger partial charge in [0.25, 0.3) is 5.91 Å². The molecule has 1 aliphatic rings. The Balaban J connectivity index is 1.66. The Labute approximate surface area is 164 Å². The van der Waals surface area contributed by atoms with Gasteiger partial charge in [0.1, 0.15) is 17.9 Å². The summed E-state index contributed by atoms with van der Waals surface area (Å²) >= 11 is 5.92. The van der Waals surface area contributed by atoms with E-state index in [9.17, 15) is 9.59 Å². The Hall–Kier alpha value is -2.53. The van der Waals surface area contributed by atoms with Gasteiger partial charge in [-0.3, -0.25) is 9.69 Å². The first-order chi connectivity index (χ1) is 12.9. The van der Waals surface area contributed by atoms with Crippen molar-refractivity contribution in [2.45, 2.75) is 32.2 Å². The van der Waals surface area contributed by atoms with E-state index in [2.05, 4.69) is 12.2 Å². The van der Waals surface area contributed by atoms with Gasteiger partial charge in [-0.2, -0.15) is 0 Å². The molecule has 3 amide bonds. The van der Waals surface area contributed by atoms with Gasteiger partial charge in [-0.15, -0.1) is 0 Å². The van der Waals surface area contributed by atoms with Gasteiger partial charge >= 0.3 is 6.03 Å². The summed E-state index contributed by atoms with van der Waals surface area (Å²) in [7, 11) is 0. The molecule has 6 heteroatoms. The Kier molecular flexibility index (Phi) is 5.71. The summed E-state index contributed by atoms with van der Waals surface area (Å²) in [6.07, 6.45) is 2.05. The van der Waals surface area contributed by atoms with Gasteiger partial charge in [-0.1, -0.05) is 55.3 Å². The number of imide groups is 1. The Morgan fingerprint density at radius 2 is 1.89 bits per heavy atom. The molecule has 142 valence electrons. The van der Waals surface area contributed by atoms with Crippen molar-refractivity contribution in [3.63, 3.8) is 0 Å². The molecule has 27 heavy (non-hydrogen) atoms. The first-order valence-corrected chi connectivity index (χ1v) is 9.43. The fraction of sp³-hybridized carbons (Fsp3) is 0.333. The van der Waals surface area contributed by atoms with Crippen molar-refractivity contribution in [2.24, 2.45) is 0 Å². The molecule has 0 aromatic heterocycles. The highest BCUT2D eigenvalue weighted by Gasteiger charge is 2.48. The highest BCUT2D eigenvalue weighted by molar-refractivity contribution is 6.30. The third-order valence-corrected chi connectivity index (χ3v) is 4.96. The van der Waals surface area contributed by atoms with E-state index >= 15 is 0 Å². The van der Waals surface area contributed by atoms with Gasteiger partial charge in [0.05, 0.1) is 6.54 Å². The average Bonchev–Trinajstić information content (AvgIpc) is 2.86. The third-order valence-electron chi connectivity index (χ3n) is 4.72. The van der Waals surface area contributed by atoms with Crippen molar-refractivity contribution in [3.8, 4) is 5.75 Å². The number of urea groups is 1. The molecule has 1 heterocycles. The number of nitrogens with zero attached hydrogens (tertiary/aromatic N) is 1. The van der Waals surface area contributed by atoms with Crippen LogP contribution in [0.1, 0.15) is 31.4 Å². The van der Waals surface area contributed by atoms with E-state index in [0.29, 0.717) is 10.8 Å². The maximum absolute atomic E-state index is 12.9. The number of rotatable bonds is 7. The van der Waals surface area contributed by atoms with Crippen molar-refractivity contribution >= 4 is 23.5 Å². The van der Waals surface area contributed by atoms with Gasteiger partial charge in [0.2, 0.25) is 0 Å². The highest BCUT2D eigenvalue weighted by atomic mass is 35.5. The predicted octanol–water partition coefficient (Wildman–Crippen LogP) is 4.14. The second-order valence-electron chi connectivity index (χ2n) is 6.76. The Bertz CT molecular complexity index is 838. The smallest absolute Gasteiger partial charge is 0.325 e. The van der Waals surface area contributed by atoms with Crippen LogP contribution in [0.2, 0.25) is 5.02 Å². The number of benzene rings is 2. The number of nitrogens with one attached hydrogen (secondary N) is 1. The van der Waals surface area contributed by atoms with Gasteiger partial charge in [0.15, 0.2) is 0 Å². The fourth-order valence-corrected chi connectivity index (χ4v) is 3.38. The topological polar surface area (TPSA) is 58.6 Å². The summed E-state index contributed by atoms with van der Waals surface area (Å²) in [4.78, 5) is 26.5. The molecule has 1 N–H and O–H groups in total. The number of amides is 3. The molecule has 1 unspecified atom stereocenters. The minimum atomic E-state index is -1.06. The molecule has 5 nitrogen and oxygen atoms in total. The zero-order valence-corrected chi connectivity index (χ0v) is 16.3. The van der Waals surface area contributed by atoms with Crippen LogP contribution in [0.4, 0.5) is 4.79 Å². The number of hydrogen-bond acceptors (Lipinski definition) is 3. The van der Waals surface area contributed by atoms with E-state index in [4.69, 9.17) is 16.3 Å². The summed E-state index contributed by atoms with van der Waals surface area (Å²) in [6.45, 7) is 4.23. The van der Waals surface area contributed by atoms with Crippen molar-refractivity contribution in [1.29, 1.82) is 0 Å². The fourth-order valence-electron chi connectivity index (χ4n) is 3.20. The zero-order chi connectivity index (χ0) is 19.4. The molecule has 1 aliphatic heterocycles. The van der Waals surface area contributed by atoms with E-state index in [1.807, 2.05) is 24.3 Å². The highest BCUT2D eigenvalue weighted by Crippen LogP contribution is 2.29. The minimum absolute atomic E-state index is 0.167. The lowest BCUT2D eigenvalue weighted by molar-refractivity contribution is -0.131. The molecule has 0 spiro atoms. The molecule has 1 fully saturated rings. The molecule has 1 saturated heterocycles. The first-order valence-electron chi connectivity index (χ1n) is 9.06. The summed E-state index contributed by atoms with van der Waals surface area (Å²) in [6, 6.07) is 14.4. The average molecular weight is 387 g/mol. The van der Waals surface area contributed by atoms with Crippen LogP contribution >= 0.6 is 11.6 Å². The van der Waals surface area contributed by atoms with E-state index in [-0.39, 0.29) is 19.1 Å². The van der Waals surface area contributed by atoms with Crippen molar-refractivity contribution in [2.75, 3.05) is 13.2 Å². The van der Waals surface area contributed by atoms with Gasteiger partial charge in [-0.25, -0.2) is 4.79 Å². The standard InChI is InChI=1S/C21H23ClN2O3/c1-3-5-15-8-10-16(11-9-15)21(2)19(25)24(20(26)23-21)12-13-27-18-7-4-6-17(22)14-18/h4,6-11,14H,3,5,12-13H2,1-2H3,(H,23,26). The van der Waals surface area contributed by atoms with Crippen molar-refractivity contribution in [1.82, 2.24) is 10.2 Å². The second-order valence-corrected chi connectivity index (χ2v) is 7.20. The molecular formula is C21H23ClN2O3.